The summed E-state index contributed by atoms with van der Waals surface area (Å²) in [7, 11) is 0. The third-order valence-electron chi connectivity index (χ3n) is 4.23. The maximum absolute atomic E-state index is 9.28. The average Bonchev–Trinajstić information content (AvgIpc) is 2.74. The van der Waals surface area contributed by atoms with Crippen LogP contribution in [0.1, 0.15) is 19.3 Å². The SMILES string of the molecule is OCC12CC(CC3CNCCO3)(CN1)C2. The van der Waals surface area contributed by atoms with Crippen LogP contribution < -0.4 is 10.6 Å². The molecule has 3 saturated heterocycles. The highest BCUT2D eigenvalue weighted by Crippen LogP contribution is 2.56. The van der Waals surface area contributed by atoms with Crippen LogP contribution in [0.15, 0.2) is 0 Å². The van der Waals surface area contributed by atoms with Crippen molar-refractivity contribution in [2.24, 2.45) is 5.41 Å². The number of aliphatic hydroxyl groups excluding tert-OH is 1. The molecule has 0 aromatic carbocycles. The van der Waals surface area contributed by atoms with Gasteiger partial charge >= 0.3 is 0 Å². The van der Waals surface area contributed by atoms with E-state index in [0.29, 0.717) is 18.1 Å². The minimum Gasteiger partial charge on any atom is -0.394 e. The summed E-state index contributed by atoms with van der Waals surface area (Å²) < 4.78 is 5.74. The lowest BCUT2D eigenvalue weighted by molar-refractivity contribution is -0.0323. The van der Waals surface area contributed by atoms with Crippen molar-refractivity contribution in [3.05, 3.63) is 0 Å². The van der Waals surface area contributed by atoms with E-state index in [0.717, 1.165) is 45.5 Å². The zero-order valence-electron chi connectivity index (χ0n) is 9.09. The molecule has 4 rings (SSSR count). The first-order valence-electron chi connectivity index (χ1n) is 5.94. The molecule has 3 N–H and O–H groups in total. The number of aliphatic hydroxyl groups is 1. The first kappa shape index (κ1) is 10.0. The van der Waals surface area contributed by atoms with Gasteiger partial charge in [-0.05, 0) is 24.7 Å². The fourth-order valence-electron chi connectivity index (χ4n) is 3.63. The largest absolute Gasteiger partial charge is 0.394 e. The average molecular weight is 212 g/mol. The molecule has 1 atom stereocenters. The second-order valence-electron chi connectivity index (χ2n) is 5.55. The van der Waals surface area contributed by atoms with Gasteiger partial charge in [0.25, 0.3) is 0 Å². The van der Waals surface area contributed by atoms with E-state index < -0.39 is 0 Å². The molecule has 0 aromatic heterocycles. The van der Waals surface area contributed by atoms with Gasteiger partial charge in [-0.3, -0.25) is 0 Å². The van der Waals surface area contributed by atoms with Crippen LogP contribution in [-0.4, -0.2) is 49.6 Å². The van der Waals surface area contributed by atoms with Crippen molar-refractivity contribution in [2.75, 3.05) is 32.8 Å². The number of morpholine rings is 1. The van der Waals surface area contributed by atoms with Crippen molar-refractivity contribution in [1.29, 1.82) is 0 Å². The van der Waals surface area contributed by atoms with Crippen LogP contribution in [0.2, 0.25) is 0 Å². The van der Waals surface area contributed by atoms with E-state index in [1.54, 1.807) is 0 Å². The summed E-state index contributed by atoms with van der Waals surface area (Å²) in [5.41, 5.74) is 0.495. The van der Waals surface area contributed by atoms with Crippen LogP contribution >= 0.6 is 0 Å². The zero-order chi connectivity index (χ0) is 10.4. The summed E-state index contributed by atoms with van der Waals surface area (Å²) >= 11 is 0. The van der Waals surface area contributed by atoms with Gasteiger partial charge in [-0.1, -0.05) is 0 Å². The lowest BCUT2D eigenvalue weighted by Crippen LogP contribution is -2.52. The molecule has 3 heterocycles. The molecule has 0 aromatic rings. The molecule has 0 radical (unpaired) electrons. The van der Waals surface area contributed by atoms with Crippen molar-refractivity contribution in [1.82, 2.24) is 10.6 Å². The van der Waals surface area contributed by atoms with E-state index in [2.05, 4.69) is 10.6 Å². The Kier molecular flexibility index (Phi) is 2.28. The van der Waals surface area contributed by atoms with Crippen LogP contribution in [0, 0.1) is 5.41 Å². The third kappa shape index (κ3) is 1.60. The van der Waals surface area contributed by atoms with Crippen LogP contribution in [0.4, 0.5) is 0 Å². The van der Waals surface area contributed by atoms with E-state index in [-0.39, 0.29) is 5.54 Å². The monoisotopic (exact) mass is 212 g/mol. The molecule has 15 heavy (non-hydrogen) atoms. The van der Waals surface area contributed by atoms with E-state index in [1.165, 1.54) is 0 Å². The van der Waals surface area contributed by atoms with Crippen molar-refractivity contribution in [2.45, 2.75) is 30.9 Å². The van der Waals surface area contributed by atoms with Gasteiger partial charge in [0, 0.05) is 25.2 Å². The Bertz CT molecular complexity index is 245. The van der Waals surface area contributed by atoms with Crippen molar-refractivity contribution in [3.8, 4) is 0 Å². The van der Waals surface area contributed by atoms with Crippen LogP contribution in [0.25, 0.3) is 0 Å². The lowest BCUT2D eigenvalue weighted by Gasteiger charge is -2.47. The van der Waals surface area contributed by atoms with Crippen LogP contribution in [-0.2, 0) is 4.74 Å². The molecule has 0 amide bonds. The predicted octanol–water partition coefficient (Wildman–Crippen LogP) is -0.521. The second-order valence-corrected chi connectivity index (χ2v) is 5.55. The normalized spacial score (nSPS) is 49.0. The number of hydrogen-bond donors (Lipinski definition) is 3. The van der Waals surface area contributed by atoms with Crippen LogP contribution in [0.3, 0.4) is 0 Å². The molecule has 2 bridgehead atoms. The van der Waals surface area contributed by atoms with E-state index >= 15 is 0 Å². The first-order chi connectivity index (χ1) is 7.26. The maximum Gasteiger partial charge on any atom is 0.0705 e. The van der Waals surface area contributed by atoms with Gasteiger partial charge in [0.15, 0.2) is 0 Å². The third-order valence-corrected chi connectivity index (χ3v) is 4.23. The highest BCUT2D eigenvalue weighted by atomic mass is 16.5. The minimum absolute atomic E-state index is 0.0715. The Morgan fingerprint density at radius 3 is 2.87 bits per heavy atom. The Morgan fingerprint density at radius 2 is 2.27 bits per heavy atom. The molecule has 1 unspecified atom stereocenters. The molecule has 4 heteroatoms. The van der Waals surface area contributed by atoms with Gasteiger partial charge in [-0.2, -0.15) is 0 Å². The highest BCUT2D eigenvalue weighted by Gasteiger charge is 2.60. The number of nitrogens with one attached hydrogen (secondary N) is 2. The summed E-state index contributed by atoms with van der Waals surface area (Å²) in [6.45, 7) is 4.18. The Labute approximate surface area is 90.4 Å². The van der Waals surface area contributed by atoms with Gasteiger partial charge in [0.1, 0.15) is 0 Å². The summed E-state index contributed by atoms with van der Waals surface area (Å²) in [6, 6.07) is 0. The maximum atomic E-state index is 9.28. The number of ether oxygens (including phenoxy) is 1. The molecule has 4 aliphatic rings. The lowest BCUT2D eigenvalue weighted by atomic mass is 9.60. The summed E-state index contributed by atoms with van der Waals surface area (Å²) in [5.74, 6) is 0. The standard InChI is InChI=1S/C11H20N2O2/c14-8-11-5-10(6-11,7-13-11)3-9-4-12-1-2-15-9/h9,12-14H,1-8H2. The van der Waals surface area contributed by atoms with Gasteiger partial charge < -0.3 is 20.5 Å². The smallest absolute Gasteiger partial charge is 0.0705 e. The van der Waals surface area contributed by atoms with Crippen molar-refractivity contribution >= 4 is 0 Å². The predicted molar refractivity (Wildman–Crippen MR) is 56.7 cm³/mol. The quantitative estimate of drug-likeness (QED) is 0.589. The van der Waals surface area contributed by atoms with Crippen molar-refractivity contribution in [3.63, 3.8) is 0 Å². The van der Waals surface area contributed by atoms with Gasteiger partial charge in [-0.25, -0.2) is 0 Å². The summed E-state index contributed by atoms with van der Waals surface area (Å²) in [5, 5.41) is 16.1. The molecule has 86 valence electrons. The first-order valence-corrected chi connectivity index (χ1v) is 5.94. The summed E-state index contributed by atoms with van der Waals surface area (Å²) in [4.78, 5) is 0. The Balaban J connectivity index is 1.56. The number of fused-ring (bicyclic) bond motifs is 1. The fraction of sp³-hybridized carbons (Fsp3) is 1.00. The molecular weight excluding hydrogens is 192 g/mol. The van der Waals surface area contributed by atoms with E-state index in [4.69, 9.17) is 4.74 Å². The number of rotatable bonds is 3. The minimum atomic E-state index is 0.0715. The summed E-state index contributed by atoms with van der Waals surface area (Å²) in [6.07, 6.45) is 3.80. The molecule has 4 nitrogen and oxygen atoms in total. The molecule has 1 saturated carbocycles. The van der Waals surface area contributed by atoms with Gasteiger partial charge in [0.05, 0.1) is 19.3 Å². The van der Waals surface area contributed by atoms with Gasteiger partial charge in [-0.15, -0.1) is 0 Å². The molecular formula is C11H20N2O2. The molecule has 1 aliphatic carbocycles. The topological polar surface area (TPSA) is 53.5 Å². The number of hydrogen-bond acceptors (Lipinski definition) is 4. The molecule has 4 fully saturated rings. The second kappa shape index (κ2) is 3.42. The Hall–Kier alpha value is -0.160. The molecule has 0 spiro atoms. The fourth-order valence-corrected chi connectivity index (χ4v) is 3.63. The van der Waals surface area contributed by atoms with E-state index in [9.17, 15) is 5.11 Å². The van der Waals surface area contributed by atoms with Crippen LogP contribution in [0.5, 0.6) is 0 Å². The van der Waals surface area contributed by atoms with Gasteiger partial charge in [0.2, 0.25) is 0 Å². The van der Waals surface area contributed by atoms with E-state index in [1.807, 2.05) is 0 Å². The highest BCUT2D eigenvalue weighted by molar-refractivity contribution is 5.17. The molecule has 3 aliphatic heterocycles. The Morgan fingerprint density at radius 1 is 1.40 bits per heavy atom. The van der Waals surface area contributed by atoms with Crippen molar-refractivity contribution < 1.29 is 9.84 Å². The zero-order valence-corrected chi connectivity index (χ0v) is 9.09.